The third-order valence-electron chi connectivity index (χ3n) is 2.08. The summed E-state index contributed by atoms with van der Waals surface area (Å²) in [6.45, 7) is 0. The lowest BCUT2D eigenvalue weighted by Gasteiger charge is -2.05. The van der Waals surface area contributed by atoms with Crippen LogP contribution < -0.4 is 0 Å². The first kappa shape index (κ1) is 13.1. The fourth-order valence-electron chi connectivity index (χ4n) is 1.29. The number of hydrogen-bond acceptors (Lipinski definition) is 2. The molecule has 0 aliphatic rings. The molecular weight excluding hydrogens is 282 g/mol. The van der Waals surface area contributed by atoms with Gasteiger partial charge >= 0.3 is 5.97 Å². The van der Waals surface area contributed by atoms with E-state index in [4.69, 9.17) is 0 Å². The van der Waals surface area contributed by atoms with Crippen molar-refractivity contribution in [2.24, 2.45) is 0 Å². The molecule has 88 valence electrons. The van der Waals surface area contributed by atoms with E-state index in [1.54, 1.807) is 6.07 Å². The number of aryl methyl sites for hydroxylation is 1. The lowest BCUT2D eigenvalue weighted by atomic mass is 10.1. The molecule has 1 aromatic rings. The fourth-order valence-corrected chi connectivity index (χ4v) is 1.85. The molecule has 0 saturated carbocycles. The zero-order valence-corrected chi connectivity index (χ0v) is 10.3. The predicted octanol–water partition coefficient (Wildman–Crippen LogP) is 3.49. The molecule has 0 saturated heterocycles. The molecule has 0 aliphatic heterocycles. The number of carbonyl (C=O) groups is 1. The van der Waals surface area contributed by atoms with E-state index < -0.39 is 6.43 Å². The number of alkyl halides is 2. The Kier molecular flexibility index (Phi) is 4.86. The number of esters is 1. The van der Waals surface area contributed by atoms with Gasteiger partial charge < -0.3 is 4.74 Å². The van der Waals surface area contributed by atoms with E-state index in [2.05, 4.69) is 20.7 Å². The Balaban J connectivity index is 2.76. The third-order valence-corrected chi connectivity index (χ3v) is 2.54. The highest BCUT2D eigenvalue weighted by Gasteiger charge is 2.10. The van der Waals surface area contributed by atoms with E-state index in [9.17, 15) is 13.6 Å². The molecule has 16 heavy (non-hydrogen) atoms. The van der Waals surface area contributed by atoms with Crippen LogP contribution in [0.15, 0.2) is 22.7 Å². The van der Waals surface area contributed by atoms with Gasteiger partial charge in [-0.2, -0.15) is 0 Å². The Hall–Kier alpha value is -0.970. The number of benzene rings is 1. The van der Waals surface area contributed by atoms with Crippen LogP contribution in [0.4, 0.5) is 8.78 Å². The van der Waals surface area contributed by atoms with Crippen LogP contribution in [0, 0.1) is 0 Å². The molecule has 0 heterocycles. The van der Waals surface area contributed by atoms with Crippen molar-refractivity contribution in [3.8, 4) is 0 Å². The molecule has 1 aromatic carbocycles. The van der Waals surface area contributed by atoms with E-state index in [0.717, 1.165) is 0 Å². The van der Waals surface area contributed by atoms with Crippen LogP contribution >= 0.6 is 15.9 Å². The van der Waals surface area contributed by atoms with Gasteiger partial charge in [-0.15, -0.1) is 0 Å². The van der Waals surface area contributed by atoms with Crippen LogP contribution in [-0.4, -0.2) is 13.1 Å². The Bertz CT molecular complexity index is 380. The minimum atomic E-state index is -2.51. The van der Waals surface area contributed by atoms with E-state index in [-0.39, 0.29) is 18.0 Å². The summed E-state index contributed by atoms with van der Waals surface area (Å²) < 4.78 is 30.0. The van der Waals surface area contributed by atoms with Crippen LogP contribution in [0.1, 0.15) is 24.0 Å². The number of rotatable bonds is 4. The first-order valence-corrected chi connectivity index (χ1v) is 5.46. The van der Waals surface area contributed by atoms with Crippen molar-refractivity contribution in [2.75, 3.05) is 7.11 Å². The molecule has 0 fully saturated rings. The fraction of sp³-hybridized carbons (Fsp3) is 0.364. The third kappa shape index (κ3) is 3.89. The lowest BCUT2D eigenvalue weighted by Crippen LogP contribution is -2.02. The van der Waals surface area contributed by atoms with E-state index in [1.807, 2.05) is 0 Å². The Morgan fingerprint density at radius 2 is 2.12 bits per heavy atom. The highest BCUT2D eigenvalue weighted by atomic mass is 79.9. The number of carbonyl (C=O) groups excluding carboxylic acids is 1. The average molecular weight is 293 g/mol. The zero-order valence-electron chi connectivity index (χ0n) is 8.67. The first-order chi connectivity index (χ1) is 7.52. The maximum absolute atomic E-state index is 12.5. The second kappa shape index (κ2) is 5.94. The molecule has 5 heteroatoms. The molecule has 0 atom stereocenters. The summed E-state index contributed by atoms with van der Waals surface area (Å²) in [5, 5.41) is 0. The Morgan fingerprint density at radius 3 is 2.69 bits per heavy atom. The van der Waals surface area contributed by atoms with E-state index in [0.29, 0.717) is 16.5 Å². The smallest absolute Gasteiger partial charge is 0.305 e. The second-order valence-corrected chi connectivity index (χ2v) is 4.19. The second-order valence-electron chi connectivity index (χ2n) is 3.27. The summed E-state index contributed by atoms with van der Waals surface area (Å²) >= 11 is 3.16. The summed E-state index contributed by atoms with van der Waals surface area (Å²) in [4.78, 5) is 10.9. The molecular formula is C11H11BrF2O2. The van der Waals surface area contributed by atoms with Crippen LogP contribution in [0.25, 0.3) is 0 Å². The zero-order chi connectivity index (χ0) is 12.1. The van der Waals surface area contributed by atoms with Gasteiger partial charge in [0.1, 0.15) is 0 Å². The molecule has 0 radical (unpaired) electrons. The summed E-state index contributed by atoms with van der Waals surface area (Å²) in [6.07, 6.45) is -1.92. The summed E-state index contributed by atoms with van der Waals surface area (Å²) in [5.41, 5.74) is 0.643. The molecule has 0 amide bonds. The number of ether oxygens (including phenoxy) is 1. The summed E-state index contributed by atoms with van der Waals surface area (Å²) in [5.74, 6) is -0.349. The maximum Gasteiger partial charge on any atom is 0.305 e. The summed E-state index contributed by atoms with van der Waals surface area (Å²) in [7, 11) is 1.30. The monoisotopic (exact) mass is 292 g/mol. The molecule has 2 nitrogen and oxygen atoms in total. The molecule has 0 unspecified atom stereocenters. The molecule has 1 rings (SSSR count). The van der Waals surface area contributed by atoms with Gasteiger partial charge in [0.15, 0.2) is 0 Å². The van der Waals surface area contributed by atoms with Crippen molar-refractivity contribution in [3.05, 3.63) is 33.8 Å². The normalized spacial score (nSPS) is 10.6. The van der Waals surface area contributed by atoms with Crippen molar-refractivity contribution < 1.29 is 18.3 Å². The van der Waals surface area contributed by atoms with Crippen LogP contribution in [0.3, 0.4) is 0 Å². The van der Waals surface area contributed by atoms with Gasteiger partial charge in [0, 0.05) is 16.5 Å². The quantitative estimate of drug-likeness (QED) is 0.794. The van der Waals surface area contributed by atoms with Gasteiger partial charge in [0.05, 0.1) is 7.11 Å². The lowest BCUT2D eigenvalue weighted by molar-refractivity contribution is -0.140. The number of halogens is 3. The van der Waals surface area contributed by atoms with Gasteiger partial charge in [0.2, 0.25) is 0 Å². The van der Waals surface area contributed by atoms with Gasteiger partial charge in [-0.1, -0.05) is 22.0 Å². The highest BCUT2D eigenvalue weighted by molar-refractivity contribution is 9.10. The average Bonchev–Trinajstić information content (AvgIpc) is 2.25. The van der Waals surface area contributed by atoms with Crippen LogP contribution in [0.5, 0.6) is 0 Å². The first-order valence-electron chi connectivity index (χ1n) is 4.67. The topological polar surface area (TPSA) is 26.3 Å². The predicted molar refractivity (Wildman–Crippen MR) is 59.4 cm³/mol. The SMILES string of the molecule is COC(=O)CCc1cc(Br)cc(C(F)F)c1. The number of methoxy groups -OCH3 is 1. The summed E-state index contributed by atoms with van der Waals surface area (Å²) in [6, 6.07) is 4.49. The minimum Gasteiger partial charge on any atom is -0.469 e. The molecule has 0 aliphatic carbocycles. The Morgan fingerprint density at radius 1 is 1.44 bits per heavy atom. The Labute approximate surface area is 101 Å². The van der Waals surface area contributed by atoms with Crippen molar-refractivity contribution >= 4 is 21.9 Å². The van der Waals surface area contributed by atoms with Crippen molar-refractivity contribution in [1.82, 2.24) is 0 Å². The highest BCUT2D eigenvalue weighted by Crippen LogP contribution is 2.24. The van der Waals surface area contributed by atoms with Crippen molar-refractivity contribution in [2.45, 2.75) is 19.3 Å². The van der Waals surface area contributed by atoms with Gasteiger partial charge in [-0.3, -0.25) is 4.79 Å². The van der Waals surface area contributed by atoms with Gasteiger partial charge in [0.25, 0.3) is 6.43 Å². The van der Waals surface area contributed by atoms with Gasteiger partial charge in [-0.05, 0) is 24.1 Å². The van der Waals surface area contributed by atoms with Crippen molar-refractivity contribution in [1.29, 1.82) is 0 Å². The maximum atomic E-state index is 12.5. The number of hydrogen-bond donors (Lipinski definition) is 0. The largest absolute Gasteiger partial charge is 0.469 e. The molecule has 0 N–H and O–H groups in total. The molecule has 0 aromatic heterocycles. The van der Waals surface area contributed by atoms with Crippen molar-refractivity contribution in [3.63, 3.8) is 0 Å². The molecule has 0 spiro atoms. The minimum absolute atomic E-state index is 0.0470. The van der Waals surface area contributed by atoms with Crippen LogP contribution in [0.2, 0.25) is 0 Å². The van der Waals surface area contributed by atoms with Gasteiger partial charge in [-0.25, -0.2) is 8.78 Å². The standard InChI is InChI=1S/C11H11BrF2O2/c1-16-10(15)3-2-7-4-8(11(13)14)6-9(12)5-7/h4-6,11H,2-3H2,1H3. The van der Waals surface area contributed by atoms with E-state index >= 15 is 0 Å². The van der Waals surface area contributed by atoms with E-state index in [1.165, 1.54) is 19.2 Å². The van der Waals surface area contributed by atoms with Crippen LogP contribution in [-0.2, 0) is 16.0 Å². The molecule has 0 bridgehead atoms.